The zero-order chi connectivity index (χ0) is 14.5. The first-order valence-electron chi connectivity index (χ1n) is 6.31. The fraction of sp³-hybridized carbons (Fsp3) is 0.286. The summed E-state index contributed by atoms with van der Waals surface area (Å²) < 4.78 is 5.03. The summed E-state index contributed by atoms with van der Waals surface area (Å²) in [6.45, 7) is 4.62. The average molecular weight is 291 g/mol. The first-order chi connectivity index (χ1) is 9.60. The van der Waals surface area contributed by atoms with Crippen molar-refractivity contribution in [2.75, 3.05) is 17.7 Å². The highest BCUT2D eigenvalue weighted by Crippen LogP contribution is 2.21. The van der Waals surface area contributed by atoms with Gasteiger partial charge in [0.1, 0.15) is 0 Å². The van der Waals surface area contributed by atoms with Gasteiger partial charge in [-0.05, 0) is 32.0 Å². The number of aromatic nitrogens is 1. The van der Waals surface area contributed by atoms with E-state index >= 15 is 0 Å². The highest BCUT2D eigenvalue weighted by molar-refractivity contribution is 7.09. The molecule has 2 rings (SSSR count). The second-order valence-corrected chi connectivity index (χ2v) is 5.30. The Kier molecular flexibility index (Phi) is 4.57. The van der Waals surface area contributed by atoms with Crippen LogP contribution in [0.5, 0.6) is 0 Å². The third-order valence-corrected chi connectivity index (χ3v) is 3.49. The zero-order valence-corrected chi connectivity index (χ0v) is 12.3. The Morgan fingerprint density at radius 1 is 1.50 bits per heavy atom. The van der Waals surface area contributed by atoms with Crippen molar-refractivity contribution in [1.82, 2.24) is 4.98 Å². The predicted octanol–water partition coefficient (Wildman–Crippen LogP) is 2.82. The molecule has 0 spiro atoms. The molecule has 0 bridgehead atoms. The van der Waals surface area contributed by atoms with Crippen molar-refractivity contribution in [2.24, 2.45) is 0 Å². The molecule has 0 amide bonds. The molecule has 0 fully saturated rings. The van der Waals surface area contributed by atoms with Crippen molar-refractivity contribution < 1.29 is 9.53 Å². The van der Waals surface area contributed by atoms with Gasteiger partial charge in [-0.3, -0.25) is 0 Å². The lowest BCUT2D eigenvalue weighted by Gasteiger charge is -2.11. The van der Waals surface area contributed by atoms with Gasteiger partial charge in [0, 0.05) is 16.8 Å². The van der Waals surface area contributed by atoms with E-state index in [2.05, 4.69) is 10.3 Å². The van der Waals surface area contributed by atoms with E-state index in [0.29, 0.717) is 30.1 Å². The number of nitrogens with one attached hydrogen (secondary N) is 1. The van der Waals surface area contributed by atoms with Gasteiger partial charge in [-0.15, -0.1) is 11.3 Å². The minimum Gasteiger partial charge on any atom is -0.462 e. The second-order valence-electron chi connectivity index (χ2n) is 4.24. The number of nitrogens with zero attached hydrogens (tertiary/aromatic N) is 1. The van der Waals surface area contributed by atoms with Gasteiger partial charge in [0.25, 0.3) is 0 Å². The van der Waals surface area contributed by atoms with Crippen molar-refractivity contribution in [2.45, 2.75) is 20.4 Å². The second kappa shape index (κ2) is 6.38. The predicted molar refractivity (Wildman–Crippen MR) is 81.0 cm³/mol. The molecule has 106 valence electrons. The lowest BCUT2D eigenvalue weighted by molar-refractivity contribution is 0.0527. The van der Waals surface area contributed by atoms with Gasteiger partial charge in [0.15, 0.2) is 0 Å². The molecule has 0 aliphatic carbocycles. The molecule has 0 aliphatic rings. The number of nitrogens with two attached hydrogens (primary N) is 1. The number of ether oxygens (including phenoxy) is 1. The molecular formula is C14H17N3O2S. The van der Waals surface area contributed by atoms with Crippen LogP contribution in [0.4, 0.5) is 11.4 Å². The summed E-state index contributed by atoms with van der Waals surface area (Å²) >= 11 is 1.60. The molecule has 1 heterocycles. The van der Waals surface area contributed by atoms with Crippen molar-refractivity contribution in [3.63, 3.8) is 0 Å². The van der Waals surface area contributed by atoms with Crippen LogP contribution in [-0.2, 0) is 11.3 Å². The maximum absolute atomic E-state index is 11.9. The van der Waals surface area contributed by atoms with Crippen LogP contribution in [0, 0.1) is 6.92 Å². The highest BCUT2D eigenvalue weighted by atomic mass is 32.1. The Labute approximate surface area is 121 Å². The first-order valence-corrected chi connectivity index (χ1v) is 7.19. The molecule has 2 aromatic rings. The lowest BCUT2D eigenvalue weighted by Crippen LogP contribution is -2.10. The number of esters is 1. The molecule has 3 N–H and O–H groups in total. The fourth-order valence-electron chi connectivity index (χ4n) is 1.77. The Morgan fingerprint density at radius 3 is 2.95 bits per heavy atom. The van der Waals surface area contributed by atoms with Crippen molar-refractivity contribution in [3.05, 3.63) is 39.8 Å². The van der Waals surface area contributed by atoms with E-state index < -0.39 is 0 Å². The minimum absolute atomic E-state index is 0.332. The largest absolute Gasteiger partial charge is 0.462 e. The fourth-order valence-corrected chi connectivity index (χ4v) is 2.38. The summed E-state index contributed by atoms with van der Waals surface area (Å²) in [6, 6.07) is 5.14. The van der Waals surface area contributed by atoms with Crippen LogP contribution in [0.3, 0.4) is 0 Å². The molecule has 1 aromatic heterocycles. The standard InChI is InChI=1S/C14H17N3O2S/c1-3-19-14(18)12-6-10(15)4-5-13(12)16-7-11-8-20-9(2)17-11/h4-6,8,16H,3,7,15H2,1-2H3. The zero-order valence-electron chi connectivity index (χ0n) is 11.5. The number of thiazole rings is 1. The third kappa shape index (κ3) is 3.48. The molecule has 0 saturated heterocycles. The van der Waals surface area contributed by atoms with E-state index in [1.54, 1.807) is 36.5 Å². The number of hydrogen-bond acceptors (Lipinski definition) is 6. The van der Waals surface area contributed by atoms with Gasteiger partial charge >= 0.3 is 5.97 Å². The molecule has 1 aromatic carbocycles. The van der Waals surface area contributed by atoms with Gasteiger partial charge < -0.3 is 15.8 Å². The number of carbonyl (C=O) groups excluding carboxylic acids is 1. The van der Waals surface area contributed by atoms with E-state index in [9.17, 15) is 4.79 Å². The summed E-state index contributed by atoms with van der Waals surface area (Å²) in [6.07, 6.45) is 0. The highest BCUT2D eigenvalue weighted by Gasteiger charge is 2.13. The van der Waals surface area contributed by atoms with Gasteiger partial charge in [-0.1, -0.05) is 0 Å². The number of nitrogen functional groups attached to an aromatic ring is 1. The maximum Gasteiger partial charge on any atom is 0.340 e. The van der Waals surface area contributed by atoms with E-state index in [4.69, 9.17) is 10.5 Å². The molecule has 6 heteroatoms. The first kappa shape index (κ1) is 14.3. The molecule has 0 saturated carbocycles. The molecule has 5 nitrogen and oxygen atoms in total. The van der Waals surface area contributed by atoms with Crippen LogP contribution in [0.15, 0.2) is 23.6 Å². The van der Waals surface area contributed by atoms with Crippen LogP contribution >= 0.6 is 11.3 Å². The molecule has 0 atom stereocenters. The summed E-state index contributed by atoms with van der Waals surface area (Å²) in [5, 5.41) is 6.21. The van der Waals surface area contributed by atoms with E-state index in [1.165, 1.54) is 0 Å². The Balaban J connectivity index is 2.16. The number of aryl methyl sites for hydroxylation is 1. The number of hydrogen-bond donors (Lipinski definition) is 2. The monoisotopic (exact) mass is 291 g/mol. The third-order valence-electron chi connectivity index (χ3n) is 2.67. The van der Waals surface area contributed by atoms with Crippen LogP contribution in [0.1, 0.15) is 28.0 Å². The normalized spacial score (nSPS) is 10.3. The van der Waals surface area contributed by atoms with Crippen molar-refractivity contribution in [3.8, 4) is 0 Å². The molecule has 0 radical (unpaired) electrons. The van der Waals surface area contributed by atoms with Crippen LogP contribution in [-0.4, -0.2) is 17.6 Å². The quantitative estimate of drug-likeness (QED) is 0.654. The SMILES string of the molecule is CCOC(=O)c1cc(N)ccc1NCc1csc(C)n1. The van der Waals surface area contributed by atoms with Crippen molar-refractivity contribution in [1.29, 1.82) is 0 Å². The van der Waals surface area contributed by atoms with Crippen LogP contribution < -0.4 is 11.1 Å². The molecule has 20 heavy (non-hydrogen) atoms. The summed E-state index contributed by atoms with van der Waals surface area (Å²) in [7, 11) is 0. The minimum atomic E-state index is -0.378. The topological polar surface area (TPSA) is 77.2 Å². The Hall–Kier alpha value is -2.08. The number of benzene rings is 1. The van der Waals surface area contributed by atoms with Gasteiger partial charge in [-0.2, -0.15) is 0 Å². The summed E-state index contributed by atoms with van der Waals surface area (Å²) in [5.74, 6) is -0.378. The maximum atomic E-state index is 11.9. The van der Waals surface area contributed by atoms with E-state index in [0.717, 1.165) is 10.7 Å². The molecule has 0 aliphatic heterocycles. The van der Waals surface area contributed by atoms with Crippen LogP contribution in [0.25, 0.3) is 0 Å². The summed E-state index contributed by atoms with van der Waals surface area (Å²) in [5.41, 5.74) is 8.34. The Morgan fingerprint density at radius 2 is 2.30 bits per heavy atom. The van der Waals surface area contributed by atoms with E-state index in [1.807, 2.05) is 12.3 Å². The average Bonchev–Trinajstić information content (AvgIpc) is 2.83. The number of carbonyl (C=O) groups is 1. The van der Waals surface area contributed by atoms with Crippen LogP contribution in [0.2, 0.25) is 0 Å². The van der Waals surface area contributed by atoms with Gasteiger partial charge in [-0.25, -0.2) is 9.78 Å². The number of anilines is 2. The summed E-state index contributed by atoms with van der Waals surface area (Å²) in [4.78, 5) is 16.3. The Bertz CT molecular complexity index is 610. The van der Waals surface area contributed by atoms with E-state index in [-0.39, 0.29) is 5.97 Å². The van der Waals surface area contributed by atoms with Gasteiger partial charge in [0.2, 0.25) is 0 Å². The molecular weight excluding hydrogens is 274 g/mol. The lowest BCUT2D eigenvalue weighted by atomic mass is 10.1. The smallest absolute Gasteiger partial charge is 0.340 e. The van der Waals surface area contributed by atoms with Gasteiger partial charge in [0.05, 0.1) is 29.4 Å². The van der Waals surface area contributed by atoms with Crippen molar-refractivity contribution >= 4 is 28.7 Å². The number of rotatable bonds is 5. The molecule has 0 unspecified atom stereocenters.